The summed E-state index contributed by atoms with van der Waals surface area (Å²) < 4.78 is 17.4. The Bertz CT molecular complexity index is 1450. The van der Waals surface area contributed by atoms with E-state index in [0.29, 0.717) is 30.1 Å². The zero-order valence-electron chi connectivity index (χ0n) is 25.3. The Balaban J connectivity index is 1.76. The molecule has 0 fully saturated rings. The lowest BCUT2D eigenvalue weighted by Crippen LogP contribution is -2.33. The minimum absolute atomic E-state index is 0.258. The molecule has 0 aliphatic carbocycles. The fourth-order valence-electron chi connectivity index (χ4n) is 4.07. The monoisotopic (exact) mass is 580 g/mol. The number of unbranched alkanes of at least 4 members (excludes halogenated alkanes) is 2. The van der Waals surface area contributed by atoms with Gasteiger partial charge in [0.1, 0.15) is 11.2 Å². The number of nitrogens with one attached hydrogen (secondary N) is 2. The van der Waals surface area contributed by atoms with Crippen LogP contribution in [0.15, 0.2) is 42.5 Å². The summed E-state index contributed by atoms with van der Waals surface area (Å²) in [6.45, 7) is 11.7. The van der Waals surface area contributed by atoms with Crippen LogP contribution in [-0.2, 0) is 20.8 Å². The van der Waals surface area contributed by atoms with Crippen LogP contribution in [0.1, 0.15) is 91.9 Å². The molecule has 226 valence electrons. The number of methoxy groups -OCH3 is 1. The largest absolute Gasteiger partial charge is 0.465 e. The van der Waals surface area contributed by atoms with Crippen molar-refractivity contribution in [2.24, 2.45) is 0 Å². The van der Waals surface area contributed by atoms with Gasteiger partial charge in [-0.05, 0) is 97.2 Å². The van der Waals surface area contributed by atoms with Crippen LogP contribution in [0.5, 0.6) is 0 Å². The van der Waals surface area contributed by atoms with Crippen molar-refractivity contribution in [3.05, 3.63) is 59.2 Å². The van der Waals surface area contributed by atoms with Crippen LogP contribution in [0.2, 0.25) is 0 Å². The van der Waals surface area contributed by atoms with Crippen molar-refractivity contribution in [2.75, 3.05) is 19.0 Å². The van der Waals surface area contributed by atoms with Crippen molar-refractivity contribution in [3.8, 4) is 0 Å². The summed E-state index contributed by atoms with van der Waals surface area (Å²) in [4.78, 5) is 54.3. The molecular weight excluding hydrogens is 540 g/mol. The zero-order chi connectivity index (χ0) is 31.1. The number of benzene rings is 2. The number of aromatic nitrogens is 2. The van der Waals surface area contributed by atoms with E-state index in [1.807, 2.05) is 25.3 Å². The number of aryl methyl sites for hydroxylation is 1. The van der Waals surface area contributed by atoms with Crippen molar-refractivity contribution in [3.63, 3.8) is 0 Å². The molecule has 3 aromatic rings. The van der Waals surface area contributed by atoms with Crippen molar-refractivity contribution in [2.45, 2.75) is 78.6 Å². The zero-order valence-corrected chi connectivity index (χ0v) is 25.3. The van der Waals surface area contributed by atoms with Crippen LogP contribution in [0, 0.1) is 0 Å². The molecule has 2 amide bonds. The first-order valence-corrected chi connectivity index (χ1v) is 13.9. The van der Waals surface area contributed by atoms with E-state index in [1.165, 1.54) is 13.2 Å². The summed E-state index contributed by atoms with van der Waals surface area (Å²) in [6.07, 6.45) is 1.81. The minimum Gasteiger partial charge on any atom is -0.465 e. The number of alkyl carbamates (subject to hydrolysis) is 1. The maximum absolute atomic E-state index is 13.3. The van der Waals surface area contributed by atoms with Gasteiger partial charge in [0.2, 0.25) is 5.95 Å². The van der Waals surface area contributed by atoms with Gasteiger partial charge in [0.15, 0.2) is 0 Å². The Hall–Kier alpha value is -4.41. The van der Waals surface area contributed by atoms with Gasteiger partial charge in [-0.2, -0.15) is 0 Å². The second kappa shape index (κ2) is 13.5. The SMILES string of the molecule is COC(=O)c1ccc2c(c1)nc(NC(=O)c1cccc(C(=O)OC(C)(C)C)c1)n2CCCCCNC(=O)OC(C)(C)C. The fourth-order valence-corrected chi connectivity index (χ4v) is 4.07. The fraction of sp³-hybridized carbons (Fsp3) is 0.452. The number of amides is 2. The van der Waals surface area contributed by atoms with E-state index < -0.39 is 35.1 Å². The molecule has 0 atom stereocenters. The molecular formula is C31H40N4O7. The number of nitrogens with zero attached hydrogens (tertiary/aromatic N) is 2. The lowest BCUT2D eigenvalue weighted by molar-refractivity contribution is 0.00689. The molecule has 11 nitrogen and oxygen atoms in total. The van der Waals surface area contributed by atoms with Crippen LogP contribution in [-0.4, -0.2) is 58.3 Å². The lowest BCUT2D eigenvalue weighted by atomic mass is 10.1. The Morgan fingerprint density at radius 1 is 0.810 bits per heavy atom. The number of rotatable bonds is 10. The van der Waals surface area contributed by atoms with E-state index in [2.05, 4.69) is 15.6 Å². The van der Waals surface area contributed by atoms with Gasteiger partial charge in [-0.25, -0.2) is 19.4 Å². The Kier molecular flexibility index (Phi) is 10.3. The van der Waals surface area contributed by atoms with Gasteiger partial charge in [-0.1, -0.05) is 6.07 Å². The first-order chi connectivity index (χ1) is 19.7. The third-order valence-corrected chi connectivity index (χ3v) is 5.88. The van der Waals surface area contributed by atoms with E-state index in [-0.39, 0.29) is 11.1 Å². The second-order valence-corrected chi connectivity index (χ2v) is 11.8. The number of ether oxygens (including phenoxy) is 3. The summed E-state index contributed by atoms with van der Waals surface area (Å²) in [5.41, 5.74) is 0.877. The molecule has 2 N–H and O–H groups in total. The van der Waals surface area contributed by atoms with Gasteiger partial charge in [-0.3, -0.25) is 10.1 Å². The minimum atomic E-state index is -0.672. The highest BCUT2D eigenvalue weighted by Gasteiger charge is 2.21. The van der Waals surface area contributed by atoms with Gasteiger partial charge in [-0.15, -0.1) is 0 Å². The maximum Gasteiger partial charge on any atom is 0.407 e. The first kappa shape index (κ1) is 32.1. The van der Waals surface area contributed by atoms with Gasteiger partial charge >= 0.3 is 18.0 Å². The number of anilines is 1. The van der Waals surface area contributed by atoms with E-state index in [1.54, 1.807) is 57.2 Å². The molecule has 42 heavy (non-hydrogen) atoms. The van der Waals surface area contributed by atoms with E-state index in [4.69, 9.17) is 14.2 Å². The van der Waals surface area contributed by atoms with Crippen molar-refractivity contribution < 1.29 is 33.4 Å². The summed E-state index contributed by atoms with van der Waals surface area (Å²) >= 11 is 0. The first-order valence-electron chi connectivity index (χ1n) is 13.9. The highest BCUT2D eigenvalue weighted by atomic mass is 16.6. The number of carbonyl (C=O) groups excluding carboxylic acids is 4. The third kappa shape index (κ3) is 9.32. The topological polar surface area (TPSA) is 138 Å². The molecule has 0 saturated carbocycles. The van der Waals surface area contributed by atoms with Crippen LogP contribution < -0.4 is 10.6 Å². The van der Waals surface area contributed by atoms with Crippen LogP contribution in [0.4, 0.5) is 10.7 Å². The Morgan fingerprint density at radius 3 is 2.14 bits per heavy atom. The summed E-state index contributed by atoms with van der Waals surface area (Å²) in [5, 5.41) is 5.60. The average Bonchev–Trinajstić information content (AvgIpc) is 3.24. The molecule has 11 heteroatoms. The molecule has 0 aliphatic rings. The maximum atomic E-state index is 13.3. The predicted octanol–water partition coefficient (Wildman–Crippen LogP) is 5.73. The molecule has 2 aromatic carbocycles. The molecule has 0 saturated heterocycles. The van der Waals surface area contributed by atoms with Crippen LogP contribution in [0.3, 0.4) is 0 Å². The summed E-state index contributed by atoms with van der Waals surface area (Å²) in [6, 6.07) is 11.3. The number of imidazole rings is 1. The van der Waals surface area contributed by atoms with E-state index >= 15 is 0 Å². The second-order valence-electron chi connectivity index (χ2n) is 11.8. The number of hydrogen-bond donors (Lipinski definition) is 2. The average molecular weight is 581 g/mol. The Labute approximate surface area is 245 Å². The molecule has 0 spiro atoms. The van der Waals surface area contributed by atoms with Gasteiger partial charge in [0.25, 0.3) is 5.91 Å². The summed E-state index contributed by atoms with van der Waals surface area (Å²) in [7, 11) is 1.31. The van der Waals surface area contributed by atoms with Crippen LogP contribution in [0.25, 0.3) is 11.0 Å². The van der Waals surface area contributed by atoms with Crippen LogP contribution >= 0.6 is 0 Å². The highest BCUT2D eigenvalue weighted by molar-refractivity contribution is 6.05. The standard InChI is InChI=1S/C31H40N4O7/c1-30(2,3)41-27(38)21-13-11-12-20(18-21)25(36)34-28-33-23-19-22(26(37)40-7)14-15-24(23)35(28)17-10-8-9-16-32-29(39)42-31(4,5)6/h11-15,18-19H,8-10,16-17H2,1-7H3,(H,32,39)(H,33,34,36). The number of esters is 2. The van der Waals surface area contributed by atoms with Crippen molar-refractivity contribution in [1.82, 2.24) is 14.9 Å². The summed E-state index contributed by atoms with van der Waals surface area (Å²) in [5.74, 6) is -1.17. The van der Waals surface area contributed by atoms with Crippen molar-refractivity contribution in [1.29, 1.82) is 0 Å². The highest BCUT2D eigenvalue weighted by Crippen LogP contribution is 2.24. The number of carbonyl (C=O) groups is 4. The van der Waals surface area contributed by atoms with Gasteiger partial charge in [0, 0.05) is 18.7 Å². The number of fused-ring (bicyclic) bond motifs is 1. The molecule has 0 unspecified atom stereocenters. The van der Waals surface area contributed by atoms with Crippen molar-refractivity contribution >= 4 is 40.9 Å². The third-order valence-electron chi connectivity index (χ3n) is 5.88. The molecule has 1 heterocycles. The smallest absolute Gasteiger partial charge is 0.407 e. The Morgan fingerprint density at radius 2 is 1.48 bits per heavy atom. The van der Waals surface area contributed by atoms with Gasteiger partial charge in [0.05, 0.1) is 29.3 Å². The predicted molar refractivity (Wildman–Crippen MR) is 159 cm³/mol. The molecule has 3 rings (SSSR count). The molecule has 0 radical (unpaired) electrons. The molecule has 0 aliphatic heterocycles. The van der Waals surface area contributed by atoms with Gasteiger partial charge < -0.3 is 24.1 Å². The van der Waals surface area contributed by atoms with E-state index in [0.717, 1.165) is 24.8 Å². The molecule has 0 bridgehead atoms. The van der Waals surface area contributed by atoms with E-state index in [9.17, 15) is 19.2 Å². The lowest BCUT2D eigenvalue weighted by Gasteiger charge is -2.19. The molecule has 1 aromatic heterocycles. The number of hydrogen-bond acceptors (Lipinski definition) is 8. The quantitative estimate of drug-likeness (QED) is 0.176. The normalized spacial score (nSPS) is 11.6.